The molecule has 2 heterocycles. The van der Waals surface area contributed by atoms with Crippen molar-refractivity contribution in [3.63, 3.8) is 0 Å². The lowest BCUT2D eigenvalue weighted by molar-refractivity contribution is 0.670. The van der Waals surface area contributed by atoms with Crippen molar-refractivity contribution in [2.24, 2.45) is 0 Å². The van der Waals surface area contributed by atoms with E-state index in [1.807, 2.05) is 0 Å². The number of aromatic nitrogens is 1. The van der Waals surface area contributed by atoms with Crippen LogP contribution in [0.3, 0.4) is 0 Å². The molecule has 0 spiro atoms. The molecule has 1 aliphatic carbocycles. The minimum Gasteiger partial charge on any atom is -0.455 e. The number of nitrogens with zero attached hydrogens (tertiary/aromatic N) is 2. The maximum absolute atomic E-state index is 6.59. The van der Waals surface area contributed by atoms with Crippen LogP contribution >= 0.6 is 0 Å². The lowest BCUT2D eigenvalue weighted by Crippen LogP contribution is -2.28. The third kappa shape index (κ3) is 6.76. The Morgan fingerprint density at radius 2 is 0.855 bits per heavy atom. The van der Waals surface area contributed by atoms with Crippen LogP contribution in [0.4, 0.5) is 17.1 Å². The fraction of sp³-hybridized carbons (Fsp3) is 0.0137. The quantitative estimate of drug-likeness (QED) is 0.144. The molecule has 0 unspecified atom stereocenters. The molecule has 12 aromatic carbocycles. The van der Waals surface area contributed by atoms with Crippen LogP contribution < -0.4 is 4.90 Å². The molecule has 0 atom stereocenters. The Morgan fingerprint density at radius 3 is 1.57 bits per heavy atom. The molecular formula is C73H48N2O. The fourth-order valence-corrected chi connectivity index (χ4v) is 12.5. The average Bonchev–Trinajstić information content (AvgIpc) is 4.18. The molecule has 0 bridgehead atoms. The highest BCUT2D eigenvalue weighted by molar-refractivity contribution is 6.12. The van der Waals surface area contributed by atoms with E-state index in [4.69, 9.17) is 4.42 Å². The number of benzene rings is 12. The second-order valence-corrected chi connectivity index (χ2v) is 19.9. The fourth-order valence-electron chi connectivity index (χ4n) is 12.5. The first-order valence-corrected chi connectivity index (χ1v) is 26.2. The van der Waals surface area contributed by atoms with E-state index < -0.39 is 5.41 Å². The van der Waals surface area contributed by atoms with E-state index in [9.17, 15) is 0 Å². The van der Waals surface area contributed by atoms with Crippen LogP contribution in [0.25, 0.3) is 93.9 Å². The largest absolute Gasteiger partial charge is 0.455 e. The molecule has 14 aromatic rings. The Hall–Kier alpha value is -9.96. The Labute approximate surface area is 441 Å². The van der Waals surface area contributed by atoms with Crippen LogP contribution in [-0.2, 0) is 5.41 Å². The van der Waals surface area contributed by atoms with Crippen molar-refractivity contribution in [1.29, 1.82) is 0 Å². The first kappa shape index (κ1) is 43.6. The van der Waals surface area contributed by atoms with E-state index >= 15 is 0 Å². The molecule has 76 heavy (non-hydrogen) atoms. The molecule has 3 nitrogen and oxygen atoms in total. The lowest BCUT2D eigenvalue weighted by Gasteiger charge is -2.34. The molecule has 3 heteroatoms. The van der Waals surface area contributed by atoms with Gasteiger partial charge < -0.3 is 13.9 Å². The molecule has 0 radical (unpaired) electrons. The van der Waals surface area contributed by atoms with Crippen LogP contribution in [0.15, 0.2) is 296 Å². The summed E-state index contributed by atoms with van der Waals surface area (Å²) >= 11 is 0. The van der Waals surface area contributed by atoms with Crippen LogP contribution in [0.1, 0.15) is 22.3 Å². The lowest BCUT2D eigenvalue weighted by atomic mass is 9.68. The number of para-hydroxylation sites is 3. The third-order valence-electron chi connectivity index (χ3n) is 15.9. The van der Waals surface area contributed by atoms with Crippen molar-refractivity contribution in [2.75, 3.05) is 4.90 Å². The van der Waals surface area contributed by atoms with E-state index in [2.05, 4.69) is 301 Å². The summed E-state index contributed by atoms with van der Waals surface area (Å²) in [5.74, 6) is 0. The van der Waals surface area contributed by atoms with Crippen LogP contribution in [0, 0.1) is 0 Å². The zero-order valence-electron chi connectivity index (χ0n) is 41.5. The summed E-state index contributed by atoms with van der Waals surface area (Å²) in [6, 6.07) is 106. The minimum absolute atomic E-state index is 0.539. The maximum atomic E-state index is 6.59. The van der Waals surface area contributed by atoms with E-state index in [-0.39, 0.29) is 0 Å². The average molecular weight is 969 g/mol. The van der Waals surface area contributed by atoms with Gasteiger partial charge in [0.25, 0.3) is 0 Å². The monoisotopic (exact) mass is 968 g/mol. The molecule has 356 valence electrons. The Kier molecular flexibility index (Phi) is 10.1. The van der Waals surface area contributed by atoms with Crippen LogP contribution in [0.2, 0.25) is 0 Å². The van der Waals surface area contributed by atoms with E-state index in [0.717, 1.165) is 72.5 Å². The summed E-state index contributed by atoms with van der Waals surface area (Å²) in [7, 11) is 0. The first-order chi connectivity index (χ1) is 37.7. The second kappa shape index (κ2) is 17.6. The van der Waals surface area contributed by atoms with Gasteiger partial charge in [-0.25, -0.2) is 0 Å². The minimum atomic E-state index is -0.539. The number of fused-ring (bicyclic) bond motifs is 9. The van der Waals surface area contributed by atoms with E-state index in [0.29, 0.717) is 0 Å². The number of furan rings is 1. The van der Waals surface area contributed by atoms with Crippen molar-refractivity contribution in [3.05, 3.63) is 313 Å². The van der Waals surface area contributed by atoms with Crippen LogP contribution in [0.5, 0.6) is 0 Å². The molecule has 2 aromatic heterocycles. The molecule has 15 rings (SSSR count). The second-order valence-electron chi connectivity index (χ2n) is 19.9. The molecule has 0 N–H and O–H groups in total. The van der Waals surface area contributed by atoms with Gasteiger partial charge in [0.15, 0.2) is 0 Å². The zero-order valence-corrected chi connectivity index (χ0v) is 41.5. The van der Waals surface area contributed by atoms with Crippen molar-refractivity contribution in [1.82, 2.24) is 4.57 Å². The van der Waals surface area contributed by atoms with Crippen LogP contribution in [-0.4, -0.2) is 4.57 Å². The summed E-state index contributed by atoms with van der Waals surface area (Å²) < 4.78 is 8.99. The van der Waals surface area contributed by atoms with Crippen molar-refractivity contribution in [2.45, 2.75) is 5.41 Å². The molecule has 0 aliphatic heterocycles. The Balaban J connectivity index is 0.890. The van der Waals surface area contributed by atoms with Gasteiger partial charge in [0.2, 0.25) is 0 Å². The standard InChI is InChI=1S/C73H48N2O/c1-5-19-51(20-6-1)59-29-17-30-62-64-47-52(40-46-70(64)76-72(59)62)49-35-41-57(42-36-49)74(58-43-37-50(38-44-58)53-39-45-61-60-27-14-16-33-67(60)75(69(61)48-53)56-25-11-4-12-26-56)68-34-18-32-66-71(68)63-28-13-15-31-65(63)73(66,54-21-7-2-8-22-54)55-23-9-3-10-24-55/h1-48H. The normalized spacial score (nSPS) is 12.6. The molecule has 0 amide bonds. The van der Waals surface area contributed by atoms with Crippen molar-refractivity contribution >= 4 is 60.8 Å². The molecular weight excluding hydrogens is 921 g/mol. The maximum Gasteiger partial charge on any atom is 0.143 e. The Morgan fingerprint density at radius 1 is 0.329 bits per heavy atom. The third-order valence-corrected chi connectivity index (χ3v) is 15.9. The smallest absolute Gasteiger partial charge is 0.143 e. The highest BCUT2D eigenvalue weighted by atomic mass is 16.3. The van der Waals surface area contributed by atoms with Gasteiger partial charge >= 0.3 is 0 Å². The molecule has 0 saturated carbocycles. The zero-order chi connectivity index (χ0) is 50.2. The van der Waals surface area contributed by atoms with Gasteiger partial charge in [-0.05, 0) is 122 Å². The summed E-state index contributed by atoms with van der Waals surface area (Å²) in [5, 5.41) is 4.71. The predicted octanol–water partition coefficient (Wildman–Crippen LogP) is 19.5. The topological polar surface area (TPSA) is 21.3 Å². The highest BCUT2D eigenvalue weighted by Gasteiger charge is 2.47. The molecule has 0 fully saturated rings. The van der Waals surface area contributed by atoms with Gasteiger partial charge in [0.05, 0.1) is 22.1 Å². The molecule has 1 aliphatic rings. The summed E-state index contributed by atoms with van der Waals surface area (Å²) in [6.07, 6.45) is 0. The van der Waals surface area contributed by atoms with Gasteiger partial charge in [-0.15, -0.1) is 0 Å². The number of hydrogen-bond acceptors (Lipinski definition) is 2. The van der Waals surface area contributed by atoms with E-state index in [1.54, 1.807) is 0 Å². The number of anilines is 3. The SMILES string of the molecule is c1ccc(-c2cccc3c2oc2ccc(-c4ccc(N(c5ccc(-c6ccc7c8ccccc8n(-c8ccccc8)c7c6)cc5)c5cccc6c5-c5ccccc5C6(c5ccccc5)c5ccccc5)cc4)cc23)cc1. The van der Waals surface area contributed by atoms with Gasteiger partial charge in [-0.3, -0.25) is 0 Å². The highest BCUT2D eigenvalue weighted by Crippen LogP contribution is 2.59. The van der Waals surface area contributed by atoms with Gasteiger partial charge in [0, 0.05) is 49.7 Å². The summed E-state index contributed by atoms with van der Waals surface area (Å²) in [6.45, 7) is 0. The van der Waals surface area contributed by atoms with Gasteiger partial charge in [-0.1, -0.05) is 224 Å². The van der Waals surface area contributed by atoms with Crippen molar-refractivity contribution < 1.29 is 4.42 Å². The summed E-state index contributed by atoms with van der Waals surface area (Å²) in [5.41, 5.74) is 22.4. The predicted molar refractivity (Wildman–Crippen MR) is 316 cm³/mol. The molecule has 0 saturated heterocycles. The van der Waals surface area contributed by atoms with Crippen molar-refractivity contribution in [3.8, 4) is 50.2 Å². The first-order valence-electron chi connectivity index (χ1n) is 26.2. The Bertz CT molecular complexity index is 4440. The van der Waals surface area contributed by atoms with Gasteiger partial charge in [0.1, 0.15) is 11.2 Å². The number of rotatable bonds is 9. The number of hydrogen-bond donors (Lipinski definition) is 0. The van der Waals surface area contributed by atoms with E-state index in [1.165, 1.54) is 60.8 Å². The summed E-state index contributed by atoms with van der Waals surface area (Å²) in [4.78, 5) is 2.46. The van der Waals surface area contributed by atoms with Gasteiger partial charge in [-0.2, -0.15) is 0 Å².